The summed E-state index contributed by atoms with van der Waals surface area (Å²) in [5, 5.41) is 23.6. The smallest absolute Gasteiger partial charge is 0.185 e. The van der Waals surface area contributed by atoms with Gasteiger partial charge in [-0.3, -0.25) is 5.10 Å². The van der Waals surface area contributed by atoms with E-state index in [0.29, 0.717) is 23.1 Å². The first kappa shape index (κ1) is 16.1. The molecule has 0 bridgehead atoms. The molecule has 1 unspecified atom stereocenters. The van der Waals surface area contributed by atoms with E-state index in [0.717, 1.165) is 11.1 Å². The highest BCUT2D eigenvalue weighted by atomic mass is 15.4. The van der Waals surface area contributed by atoms with Crippen molar-refractivity contribution in [1.82, 2.24) is 35.0 Å². The van der Waals surface area contributed by atoms with Crippen molar-refractivity contribution < 1.29 is 0 Å². The molecule has 3 heterocycles. The molecular weight excluding hydrogens is 352 g/mol. The highest BCUT2D eigenvalue weighted by Crippen LogP contribution is 2.24. The van der Waals surface area contributed by atoms with E-state index in [-0.39, 0.29) is 6.04 Å². The van der Waals surface area contributed by atoms with Crippen LogP contribution in [0.4, 0.5) is 5.82 Å². The van der Waals surface area contributed by atoms with Crippen molar-refractivity contribution in [3.05, 3.63) is 90.5 Å². The maximum Gasteiger partial charge on any atom is 0.185 e. The van der Waals surface area contributed by atoms with E-state index >= 15 is 0 Å². The number of rotatable bonds is 5. The highest BCUT2D eigenvalue weighted by Gasteiger charge is 2.18. The molecule has 0 radical (unpaired) electrons. The number of nitrogens with zero attached hydrogens (tertiary/aromatic N) is 6. The van der Waals surface area contributed by atoms with Crippen LogP contribution in [-0.4, -0.2) is 35.0 Å². The largest absolute Gasteiger partial charge is 0.355 e. The van der Waals surface area contributed by atoms with E-state index in [9.17, 15) is 0 Å². The van der Waals surface area contributed by atoms with E-state index < -0.39 is 0 Å². The van der Waals surface area contributed by atoms with Crippen LogP contribution in [0.5, 0.6) is 0 Å². The number of aromatic amines is 1. The monoisotopic (exact) mass is 368 g/mol. The number of benzene rings is 2. The van der Waals surface area contributed by atoms with Gasteiger partial charge in [0.25, 0.3) is 0 Å². The zero-order valence-electron chi connectivity index (χ0n) is 14.8. The topological polar surface area (TPSA) is 96.7 Å². The van der Waals surface area contributed by atoms with Crippen molar-refractivity contribution in [1.29, 1.82) is 0 Å². The van der Waals surface area contributed by atoms with Gasteiger partial charge >= 0.3 is 0 Å². The van der Waals surface area contributed by atoms with Gasteiger partial charge in [-0.25, -0.2) is 4.98 Å². The Morgan fingerprint density at radius 1 is 0.857 bits per heavy atom. The summed E-state index contributed by atoms with van der Waals surface area (Å²) in [4.78, 5) is 4.32. The Kier molecular flexibility index (Phi) is 3.98. The number of nitrogens with one attached hydrogen (secondary N) is 2. The Hall–Kier alpha value is -4.07. The molecule has 3 aromatic heterocycles. The molecule has 0 spiro atoms. The molecule has 2 aromatic carbocycles. The Balaban J connectivity index is 1.55. The van der Waals surface area contributed by atoms with E-state index in [4.69, 9.17) is 5.10 Å². The van der Waals surface area contributed by atoms with Crippen LogP contribution in [0.3, 0.4) is 0 Å². The molecule has 2 N–H and O–H groups in total. The molecule has 136 valence electrons. The third kappa shape index (κ3) is 2.96. The van der Waals surface area contributed by atoms with Crippen LogP contribution in [0.2, 0.25) is 0 Å². The summed E-state index contributed by atoms with van der Waals surface area (Å²) in [5.41, 5.74) is 2.68. The van der Waals surface area contributed by atoms with Gasteiger partial charge in [-0.1, -0.05) is 60.7 Å². The minimum Gasteiger partial charge on any atom is -0.355 e. The standard InChI is InChI=1S/C20H16N8/c1-3-7-14(8-4-1)18(19-21-13-22-25-19)23-16-11-12-17-24-26-20(28(17)27-16)15-9-5-2-6-10-15/h1-13,18H,(H,23,27)(H,21,22,25). The van der Waals surface area contributed by atoms with Crippen LogP contribution in [-0.2, 0) is 0 Å². The molecule has 5 rings (SSSR count). The zero-order valence-corrected chi connectivity index (χ0v) is 14.8. The lowest BCUT2D eigenvalue weighted by Crippen LogP contribution is -2.15. The van der Waals surface area contributed by atoms with Crippen molar-refractivity contribution in [3.8, 4) is 11.4 Å². The molecule has 8 nitrogen and oxygen atoms in total. The maximum atomic E-state index is 4.71. The van der Waals surface area contributed by atoms with Crippen molar-refractivity contribution in [2.45, 2.75) is 6.04 Å². The second kappa shape index (κ2) is 6.92. The molecule has 0 fully saturated rings. The predicted molar refractivity (Wildman–Crippen MR) is 105 cm³/mol. The number of hydrogen-bond donors (Lipinski definition) is 2. The summed E-state index contributed by atoms with van der Waals surface area (Å²) < 4.78 is 1.74. The molecule has 8 heteroatoms. The fraction of sp³-hybridized carbons (Fsp3) is 0.0500. The average Bonchev–Trinajstić information content (AvgIpc) is 3.43. The SMILES string of the molecule is c1ccc(-c2nnc3ccc(NC(c4ccccc4)c4ncn[nH]4)nn23)cc1. The van der Waals surface area contributed by atoms with Crippen LogP contribution in [0, 0.1) is 0 Å². The lowest BCUT2D eigenvalue weighted by atomic mass is 10.1. The summed E-state index contributed by atoms with van der Waals surface area (Å²) >= 11 is 0. The maximum absolute atomic E-state index is 4.71. The molecule has 0 saturated carbocycles. The summed E-state index contributed by atoms with van der Waals surface area (Å²) in [6, 6.07) is 23.5. The molecule has 28 heavy (non-hydrogen) atoms. The van der Waals surface area contributed by atoms with Crippen molar-refractivity contribution in [2.75, 3.05) is 5.32 Å². The van der Waals surface area contributed by atoms with E-state index in [1.807, 2.05) is 72.8 Å². The zero-order chi connectivity index (χ0) is 18.8. The highest BCUT2D eigenvalue weighted by molar-refractivity contribution is 5.59. The Bertz CT molecular complexity index is 1180. The van der Waals surface area contributed by atoms with Crippen LogP contribution >= 0.6 is 0 Å². The van der Waals surface area contributed by atoms with Gasteiger partial charge in [-0.05, 0) is 17.7 Å². The lowest BCUT2D eigenvalue weighted by molar-refractivity contribution is 0.816. The minimum atomic E-state index is -0.217. The summed E-state index contributed by atoms with van der Waals surface area (Å²) in [6.45, 7) is 0. The number of fused-ring (bicyclic) bond motifs is 1. The molecule has 5 aromatic rings. The van der Waals surface area contributed by atoms with Crippen LogP contribution in [0.25, 0.3) is 17.0 Å². The number of aromatic nitrogens is 7. The van der Waals surface area contributed by atoms with Gasteiger partial charge in [0.1, 0.15) is 18.2 Å². The third-order valence-electron chi connectivity index (χ3n) is 4.43. The second-order valence-corrected chi connectivity index (χ2v) is 6.24. The van der Waals surface area contributed by atoms with Gasteiger partial charge in [0.15, 0.2) is 17.3 Å². The van der Waals surface area contributed by atoms with Gasteiger partial charge < -0.3 is 5.32 Å². The molecular formula is C20H16N8. The molecule has 0 amide bonds. The van der Waals surface area contributed by atoms with E-state index in [1.54, 1.807) is 4.52 Å². The Morgan fingerprint density at radius 3 is 2.39 bits per heavy atom. The van der Waals surface area contributed by atoms with Gasteiger partial charge in [-0.15, -0.1) is 15.3 Å². The summed E-state index contributed by atoms with van der Waals surface area (Å²) in [7, 11) is 0. The summed E-state index contributed by atoms with van der Waals surface area (Å²) in [6.07, 6.45) is 1.50. The van der Waals surface area contributed by atoms with E-state index in [1.165, 1.54) is 6.33 Å². The van der Waals surface area contributed by atoms with Crippen molar-refractivity contribution >= 4 is 11.5 Å². The normalized spacial score (nSPS) is 12.1. The molecule has 0 aliphatic rings. The van der Waals surface area contributed by atoms with Crippen LogP contribution in [0.15, 0.2) is 79.1 Å². The first-order valence-corrected chi connectivity index (χ1v) is 8.83. The second-order valence-electron chi connectivity index (χ2n) is 6.24. The van der Waals surface area contributed by atoms with Gasteiger partial charge in [0.05, 0.1) is 0 Å². The molecule has 0 aliphatic heterocycles. The summed E-state index contributed by atoms with van der Waals surface area (Å²) in [5.74, 6) is 2.07. The number of hydrogen-bond acceptors (Lipinski definition) is 6. The first-order chi connectivity index (χ1) is 13.9. The number of anilines is 1. The van der Waals surface area contributed by atoms with Crippen molar-refractivity contribution in [3.63, 3.8) is 0 Å². The lowest BCUT2D eigenvalue weighted by Gasteiger charge is -2.17. The Morgan fingerprint density at radius 2 is 1.64 bits per heavy atom. The van der Waals surface area contributed by atoms with E-state index in [2.05, 4.69) is 30.7 Å². The fourth-order valence-corrected chi connectivity index (χ4v) is 3.09. The molecule has 1 atom stereocenters. The Labute approximate surface area is 160 Å². The molecule has 0 aliphatic carbocycles. The van der Waals surface area contributed by atoms with Crippen LogP contribution in [0.1, 0.15) is 17.4 Å². The predicted octanol–water partition coefficient (Wildman–Crippen LogP) is 3.11. The van der Waals surface area contributed by atoms with Crippen molar-refractivity contribution in [2.24, 2.45) is 0 Å². The third-order valence-corrected chi connectivity index (χ3v) is 4.43. The number of H-pyrrole nitrogens is 1. The minimum absolute atomic E-state index is 0.217. The van der Waals surface area contributed by atoms with Crippen LogP contribution < -0.4 is 5.32 Å². The van der Waals surface area contributed by atoms with Gasteiger partial charge in [-0.2, -0.15) is 9.61 Å². The molecule has 0 saturated heterocycles. The fourth-order valence-electron chi connectivity index (χ4n) is 3.09. The average molecular weight is 368 g/mol. The quantitative estimate of drug-likeness (QED) is 0.495. The first-order valence-electron chi connectivity index (χ1n) is 8.83. The van der Waals surface area contributed by atoms with Gasteiger partial charge in [0.2, 0.25) is 0 Å². The van der Waals surface area contributed by atoms with Gasteiger partial charge in [0, 0.05) is 5.56 Å².